The second-order valence-corrected chi connectivity index (χ2v) is 8.94. The van der Waals surface area contributed by atoms with Crippen molar-refractivity contribution in [3.8, 4) is 0 Å². The van der Waals surface area contributed by atoms with Crippen LogP contribution < -0.4 is 0 Å². The average molecular weight is 343 g/mol. The normalized spacial score (nSPS) is 21.6. The lowest BCUT2D eigenvalue weighted by molar-refractivity contribution is 0.0263. The number of hydrogen-bond acceptors (Lipinski definition) is 4. The van der Waals surface area contributed by atoms with E-state index in [9.17, 15) is 17.6 Å². The van der Waals surface area contributed by atoms with Crippen LogP contribution in [0.5, 0.6) is 0 Å². The van der Waals surface area contributed by atoms with E-state index in [1.807, 2.05) is 0 Å². The molecule has 1 atom stereocenters. The Morgan fingerprint density at radius 1 is 1.26 bits per heavy atom. The zero-order chi connectivity index (χ0) is 17.3. The fourth-order valence-electron chi connectivity index (χ4n) is 2.54. The summed E-state index contributed by atoms with van der Waals surface area (Å²) in [5.74, 6) is -0.739. The summed E-state index contributed by atoms with van der Waals surface area (Å²) in [5.41, 5.74) is -0.480. The highest BCUT2D eigenvalue weighted by Crippen LogP contribution is 2.31. The molecule has 0 spiro atoms. The number of nitrogens with zero attached hydrogens (tertiary/aromatic N) is 1. The van der Waals surface area contributed by atoms with Crippen molar-refractivity contribution in [2.45, 2.75) is 38.0 Å². The number of rotatable bonds is 1. The van der Waals surface area contributed by atoms with Gasteiger partial charge in [0.05, 0.1) is 11.0 Å². The second-order valence-electron chi connectivity index (χ2n) is 6.63. The van der Waals surface area contributed by atoms with Crippen LogP contribution in [0.4, 0.5) is 9.18 Å². The second kappa shape index (κ2) is 6.47. The van der Waals surface area contributed by atoms with Crippen LogP contribution >= 0.6 is 0 Å². The van der Waals surface area contributed by atoms with Crippen molar-refractivity contribution in [2.24, 2.45) is 0 Å². The van der Waals surface area contributed by atoms with E-state index in [2.05, 4.69) is 0 Å². The molecule has 0 N–H and O–H groups in total. The van der Waals surface area contributed by atoms with Gasteiger partial charge in [0.2, 0.25) is 0 Å². The third-order valence-electron chi connectivity index (χ3n) is 3.64. The Bertz CT molecular complexity index is 682. The summed E-state index contributed by atoms with van der Waals surface area (Å²) >= 11 is 0. The maximum absolute atomic E-state index is 14.0. The number of carbonyl (C=O) groups is 1. The fourth-order valence-corrected chi connectivity index (χ4v) is 4.34. The predicted molar refractivity (Wildman–Crippen MR) is 85.4 cm³/mol. The van der Waals surface area contributed by atoms with Gasteiger partial charge in [0.15, 0.2) is 9.84 Å². The van der Waals surface area contributed by atoms with Gasteiger partial charge in [-0.1, -0.05) is 18.2 Å². The number of carbonyl (C=O) groups excluding carboxylic acids is 1. The maximum atomic E-state index is 14.0. The first-order valence-electron chi connectivity index (χ1n) is 7.54. The lowest BCUT2D eigenvalue weighted by Gasteiger charge is -2.26. The molecule has 5 nitrogen and oxygen atoms in total. The Kier molecular flexibility index (Phi) is 4.98. The summed E-state index contributed by atoms with van der Waals surface area (Å²) in [6, 6.07) is 5.88. The van der Waals surface area contributed by atoms with Gasteiger partial charge in [0.25, 0.3) is 0 Å². The highest BCUT2D eigenvalue weighted by Gasteiger charge is 2.35. The lowest BCUT2D eigenvalue weighted by Crippen LogP contribution is -2.38. The van der Waals surface area contributed by atoms with Crippen LogP contribution in [0.1, 0.15) is 38.0 Å². The smallest absolute Gasteiger partial charge is 0.410 e. The number of halogens is 1. The van der Waals surface area contributed by atoms with Crippen molar-refractivity contribution < 1.29 is 22.3 Å². The minimum atomic E-state index is -3.54. The molecule has 1 aromatic carbocycles. The van der Waals surface area contributed by atoms with E-state index in [4.69, 9.17) is 4.74 Å². The molecular weight excluding hydrogens is 321 g/mol. The molecule has 23 heavy (non-hydrogen) atoms. The van der Waals surface area contributed by atoms with Gasteiger partial charge in [-0.05, 0) is 33.3 Å². The molecule has 1 amide bonds. The lowest BCUT2D eigenvalue weighted by atomic mass is 10.1. The summed E-state index contributed by atoms with van der Waals surface area (Å²) < 4.78 is 44.2. The number of hydrogen-bond donors (Lipinski definition) is 0. The molecular formula is C16H22FNO4S. The van der Waals surface area contributed by atoms with Gasteiger partial charge >= 0.3 is 6.09 Å². The van der Waals surface area contributed by atoms with Crippen LogP contribution in [-0.4, -0.2) is 43.9 Å². The van der Waals surface area contributed by atoms with E-state index >= 15 is 0 Å². The van der Waals surface area contributed by atoms with Gasteiger partial charge in [-0.3, -0.25) is 0 Å². The maximum Gasteiger partial charge on any atom is 0.410 e. The van der Waals surface area contributed by atoms with Crippen molar-refractivity contribution in [1.29, 1.82) is 0 Å². The van der Waals surface area contributed by atoms with Crippen LogP contribution in [0.15, 0.2) is 24.3 Å². The molecule has 0 aromatic heterocycles. The molecule has 1 aromatic rings. The third-order valence-corrected chi connectivity index (χ3v) is 5.75. The molecule has 0 unspecified atom stereocenters. The molecule has 1 aliphatic heterocycles. The van der Waals surface area contributed by atoms with E-state index in [0.717, 1.165) is 0 Å². The molecule has 128 valence electrons. The van der Waals surface area contributed by atoms with Crippen molar-refractivity contribution in [3.05, 3.63) is 35.6 Å². The SMILES string of the molecule is CC(C)(C)OC(=O)N1CC[C@H](c2ccccc2F)S(=O)(=O)CC1. The number of ether oxygens (including phenoxy) is 1. The molecule has 0 radical (unpaired) electrons. The van der Waals surface area contributed by atoms with Crippen molar-refractivity contribution in [1.82, 2.24) is 4.90 Å². The van der Waals surface area contributed by atoms with Crippen LogP contribution in [0.3, 0.4) is 0 Å². The summed E-state index contributed by atoms with van der Waals surface area (Å²) in [6.45, 7) is 5.53. The first-order chi connectivity index (χ1) is 10.6. The van der Waals surface area contributed by atoms with E-state index in [-0.39, 0.29) is 30.8 Å². The number of benzene rings is 1. The zero-order valence-electron chi connectivity index (χ0n) is 13.6. The highest BCUT2D eigenvalue weighted by molar-refractivity contribution is 7.91. The van der Waals surface area contributed by atoms with E-state index in [0.29, 0.717) is 0 Å². The molecule has 0 saturated carbocycles. The van der Waals surface area contributed by atoms with Crippen LogP contribution in [0.25, 0.3) is 0 Å². The Labute approximate surface area is 136 Å². The first kappa shape index (κ1) is 17.7. The first-order valence-corrected chi connectivity index (χ1v) is 9.25. The van der Waals surface area contributed by atoms with Gasteiger partial charge in [0, 0.05) is 18.7 Å². The van der Waals surface area contributed by atoms with Crippen molar-refractivity contribution in [3.63, 3.8) is 0 Å². The van der Waals surface area contributed by atoms with Crippen LogP contribution in [0.2, 0.25) is 0 Å². The van der Waals surface area contributed by atoms with Crippen molar-refractivity contribution in [2.75, 3.05) is 18.8 Å². The highest BCUT2D eigenvalue weighted by atomic mass is 32.2. The summed E-state index contributed by atoms with van der Waals surface area (Å²) in [4.78, 5) is 13.5. The summed E-state index contributed by atoms with van der Waals surface area (Å²) in [5, 5.41) is -0.934. The average Bonchev–Trinajstić information content (AvgIpc) is 2.56. The topological polar surface area (TPSA) is 63.7 Å². The number of sulfone groups is 1. The molecule has 7 heteroatoms. The van der Waals surface area contributed by atoms with E-state index in [1.54, 1.807) is 26.8 Å². The molecule has 0 bridgehead atoms. The summed E-state index contributed by atoms with van der Waals surface area (Å²) in [6.07, 6.45) is -0.385. The molecule has 2 rings (SSSR count). The fraction of sp³-hybridized carbons (Fsp3) is 0.562. The van der Waals surface area contributed by atoms with Crippen LogP contribution in [-0.2, 0) is 14.6 Å². The Balaban J connectivity index is 2.20. The quantitative estimate of drug-likeness (QED) is 0.786. The molecule has 1 saturated heterocycles. The minimum absolute atomic E-state index is 0.0577. The zero-order valence-corrected chi connectivity index (χ0v) is 14.4. The Morgan fingerprint density at radius 3 is 2.52 bits per heavy atom. The Morgan fingerprint density at radius 2 is 1.91 bits per heavy atom. The van der Waals surface area contributed by atoms with Gasteiger partial charge < -0.3 is 9.64 Å². The van der Waals surface area contributed by atoms with Gasteiger partial charge in [-0.15, -0.1) is 0 Å². The van der Waals surface area contributed by atoms with Crippen LogP contribution in [0, 0.1) is 5.82 Å². The van der Waals surface area contributed by atoms with Gasteiger partial charge in [-0.25, -0.2) is 17.6 Å². The monoisotopic (exact) mass is 343 g/mol. The molecule has 1 fully saturated rings. The van der Waals surface area contributed by atoms with Gasteiger partial charge in [0.1, 0.15) is 11.4 Å². The molecule has 1 heterocycles. The molecule has 0 aliphatic carbocycles. The number of amides is 1. The largest absolute Gasteiger partial charge is 0.444 e. The predicted octanol–water partition coefficient (Wildman–Crippen LogP) is 2.92. The summed E-state index contributed by atoms with van der Waals surface area (Å²) in [7, 11) is -3.54. The van der Waals surface area contributed by atoms with E-state index < -0.39 is 32.6 Å². The van der Waals surface area contributed by atoms with Gasteiger partial charge in [-0.2, -0.15) is 0 Å². The Hall–Kier alpha value is -1.63. The van der Waals surface area contributed by atoms with Crippen molar-refractivity contribution >= 4 is 15.9 Å². The third kappa shape index (κ3) is 4.43. The standard InChI is InChI=1S/C16H22FNO4S/c1-16(2,3)22-15(19)18-9-8-14(23(20,21)11-10-18)12-6-4-5-7-13(12)17/h4-7,14H,8-11H2,1-3H3/t14-/m1/s1. The molecule has 1 aliphatic rings. The van der Waals surface area contributed by atoms with E-state index in [1.165, 1.54) is 23.1 Å². The minimum Gasteiger partial charge on any atom is -0.444 e.